The van der Waals surface area contributed by atoms with Crippen LogP contribution in [0.25, 0.3) is 0 Å². The van der Waals surface area contributed by atoms with Gasteiger partial charge in [-0.25, -0.2) is 0 Å². The molecule has 2 N–H and O–H groups in total. The number of hydrogen-bond donors (Lipinski definition) is 2. The lowest BCUT2D eigenvalue weighted by atomic mass is 10.0. The van der Waals surface area contributed by atoms with Gasteiger partial charge in [-0.05, 0) is 31.4 Å². The van der Waals surface area contributed by atoms with Gasteiger partial charge < -0.3 is 10.4 Å². The lowest BCUT2D eigenvalue weighted by Crippen LogP contribution is -2.36. The summed E-state index contributed by atoms with van der Waals surface area (Å²) in [5, 5.41) is 12.6. The van der Waals surface area contributed by atoms with Crippen molar-refractivity contribution in [2.75, 3.05) is 6.61 Å². The Morgan fingerprint density at radius 2 is 2.12 bits per heavy atom. The maximum Gasteiger partial charge on any atom is 0.0931 e. The molecule has 0 aliphatic heterocycles. The smallest absolute Gasteiger partial charge is 0.0931 e. The molecule has 2 nitrogen and oxygen atoms in total. The maximum atomic E-state index is 9.11. The minimum Gasteiger partial charge on any atom is -0.396 e. The van der Waals surface area contributed by atoms with E-state index >= 15 is 0 Å². The first-order valence-corrected chi connectivity index (χ1v) is 6.90. The van der Waals surface area contributed by atoms with Gasteiger partial charge in [-0.15, -0.1) is 11.3 Å². The highest BCUT2D eigenvalue weighted by atomic mass is 35.5. The van der Waals surface area contributed by atoms with Crippen molar-refractivity contribution >= 4 is 22.9 Å². The minimum atomic E-state index is 0.218. The second-order valence-corrected chi connectivity index (χ2v) is 5.96. The third kappa shape index (κ3) is 3.74. The summed E-state index contributed by atoms with van der Waals surface area (Å²) in [5.74, 6) is 0.268. The zero-order valence-corrected chi connectivity index (χ0v) is 11.6. The van der Waals surface area contributed by atoms with Crippen LogP contribution in [0, 0.1) is 5.92 Å². The fourth-order valence-corrected chi connectivity index (χ4v) is 2.76. The predicted molar refractivity (Wildman–Crippen MR) is 71.2 cm³/mol. The standard InChI is InChI=1S/C12H20ClNOS/c1-4-10(11-5-6-12(13)16-11)14-9(3)8(2)7-15/h5-6,8-10,14-15H,4,7H2,1-3H3. The molecule has 1 rings (SSSR count). The van der Waals surface area contributed by atoms with Crippen molar-refractivity contribution < 1.29 is 5.11 Å². The van der Waals surface area contributed by atoms with Crippen LogP contribution in [-0.2, 0) is 0 Å². The predicted octanol–water partition coefficient (Wildman–Crippen LogP) is 3.46. The summed E-state index contributed by atoms with van der Waals surface area (Å²) < 4.78 is 0.832. The van der Waals surface area contributed by atoms with Crippen LogP contribution in [-0.4, -0.2) is 17.8 Å². The lowest BCUT2D eigenvalue weighted by molar-refractivity contribution is 0.200. The van der Waals surface area contributed by atoms with E-state index in [9.17, 15) is 0 Å². The average Bonchev–Trinajstić information content (AvgIpc) is 2.71. The molecule has 0 saturated carbocycles. The van der Waals surface area contributed by atoms with Crippen LogP contribution in [0.1, 0.15) is 38.1 Å². The Hall–Kier alpha value is -0.0900. The summed E-state index contributed by atoms with van der Waals surface area (Å²) in [4.78, 5) is 1.27. The van der Waals surface area contributed by atoms with Gasteiger partial charge in [0, 0.05) is 23.6 Å². The molecule has 0 spiro atoms. The van der Waals surface area contributed by atoms with E-state index in [2.05, 4.69) is 25.2 Å². The van der Waals surface area contributed by atoms with E-state index in [1.54, 1.807) is 11.3 Å². The van der Waals surface area contributed by atoms with E-state index in [0.29, 0.717) is 12.1 Å². The Labute approximate surface area is 107 Å². The Balaban J connectivity index is 2.62. The largest absolute Gasteiger partial charge is 0.396 e. The summed E-state index contributed by atoms with van der Waals surface area (Å²) in [7, 11) is 0. The van der Waals surface area contributed by atoms with Gasteiger partial charge in [0.1, 0.15) is 0 Å². The summed E-state index contributed by atoms with van der Waals surface area (Å²) in [6.07, 6.45) is 1.03. The third-order valence-corrected chi connectivity index (χ3v) is 4.30. The summed E-state index contributed by atoms with van der Waals surface area (Å²) >= 11 is 7.56. The molecule has 0 aromatic carbocycles. The normalized spacial score (nSPS) is 17.1. The summed E-state index contributed by atoms with van der Waals surface area (Å²) in [6, 6.07) is 4.65. The summed E-state index contributed by atoms with van der Waals surface area (Å²) in [5.41, 5.74) is 0. The van der Waals surface area contributed by atoms with Gasteiger partial charge in [-0.3, -0.25) is 0 Å². The SMILES string of the molecule is CCC(NC(C)C(C)CO)c1ccc(Cl)s1. The van der Waals surface area contributed by atoms with Crippen molar-refractivity contribution in [1.29, 1.82) is 0 Å². The van der Waals surface area contributed by atoms with E-state index in [1.807, 2.05) is 13.0 Å². The lowest BCUT2D eigenvalue weighted by Gasteiger charge is -2.25. The first kappa shape index (κ1) is 14.0. The van der Waals surface area contributed by atoms with Gasteiger partial charge in [0.25, 0.3) is 0 Å². The van der Waals surface area contributed by atoms with Crippen LogP contribution in [0.3, 0.4) is 0 Å². The number of hydrogen-bond acceptors (Lipinski definition) is 3. The fourth-order valence-electron chi connectivity index (χ4n) is 1.56. The Morgan fingerprint density at radius 3 is 2.56 bits per heavy atom. The van der Waals surface area contributed by atoms with Crippen molar-refractivity contribution in [3.8, 4) is 0 Å². The van der Waals surface area contributed by atoms with Crippen LogP contribution in [0.15, 0.2) is 12.1 Å². The molecule has 92 valence electrons. The van der Waals surface area contributed by atoms with E-state index in [4.69, 9.17) is 16.7 Å². The molecule has 0 fully saturated rings. The Kier molecular flexibility index (Phi) is 5.76. The molecule has 3 atom stereocenters. The third-order valence-electron chi connectivity index (χ3n) is 2.95. The van der Waals surface area contributed by atoms with Crippen molar-refractivity contribution in [2.24, 2.45) is 5.92 Å². The molecule has 0 amide bonds. The number of aliphatic hydroxyl groups is 1. The molecule has 0 radical (unpaired) electrons. The molecule has 3 unspecified atom stereocenters. The zero-order chi connectivity index (χ0) is 12.1. The van der Waals surface area contributed by atoms with Crippen LogP contribution in [0.4, 0.5) is 0 Å². The summed E-state index contributed by atoms with van der Waals surface area (Å²) in [6.45, 7) is 6.53. The van der Waals surface area contributed by atoms with Gasteiger partial charge in [0.2, 0.25) is 0 Å². The van der Waals surface area contributed by atoms with Crippen molar-refractivity contribution in [2.45, 2.75) is 39.3 Å². The molecule has 1 aromatic rings. The topological polar surface area (TPSA) is 32.3 Å². The number of aliphatic hydroxyl groups excluding tert-OH is 1. The van der Waals surface area contributed by atoms with Crippen LogP contribution < -0.4 is 5.32 Å². The van der Waals surface area contributed by atoms with Gasteiger partial charge in [0.15, 0.2) is 0 Å². The highest BCUT2D eigenvalue weighted by molar-refractivity contribution is 7.16. The Bertz CT molecular complexity index is 316. The van der Waals surface area contributed by atoms with Crippen LogP contribution in [0.5, 0.6) is 0 Å². The van der Waals surface area contributed by atoms with Gasteiger partial charge >= 0.3 is 0 Å². The maximum absolute atomic E-state index is 9.11. The first-order chi connectivity index (χ1) is 7.58. The van der Waals surface area contributed by atoms with Crippen molar-refractivity contribution in [3.05, 3.63) is 21.3 Å². The molecule has 4 heteroatoms. The molecule has 0 saturated heterocycles. The van der Waals surface area contributed by atoms with Crippen LogP contribution in [0.2, 0.25) is 4.34 Å². The molecule has 16 heavy (non-hydrogen) atoms. The number of rotatable bonds is 6. The van der Waals surface area contributed by atoms with E-state index in [-0.39, 0.29) is 12.5 Å². The highest BCUT2D eigenvalue weighted by Gasteiger charge is 2.17. The first-order valence-electron chi connectivity index (χ1n) is 5.70. The minimum absolute atomic E-state index is 0.218. The van der Waals surface area contributed by atoms with E-state index in [0.717, 1.165) is 10.8 Å². The molecular formula is C12H20ClNOS. The Morgan fingerprint density at radius 1 is 1.44 bits per heavy atom. The molecule has 1 heterocycles. The van der Waals surface area contributed by atoms with E-state index in [1.165, 1.54) is 4.88 Å². The van der Waals surface area contributed by atoms with Gasteiger partial charge in [-0.2, -0.15) is 0 Å². The molecule has 0 aliphatic rings. The monoisotopic (exact) mass is 261 g/mol. The molecule has 1 aromatic heterocycles. The van der Waals surface area contributed by atoms with Crippen molar-refractivity contribution in [3.63, 3.8) is 0 Å². The molecule has 0 aliphatic carbocycles. The quantitative estimate of drug-likeness (QED) is 0.822. The second kappa shape index (κ2) is 6.60. The van der Waals surface area contributed by atoms with Gasteiger partial charge in [-0.1, -0.05) is 25.4 Å². The number of thiophene rings is 1. The van der Waals surface area contributed by atoms with E-state index < -0.39 is 0 Å². The average molecular weight is 262 g/mol. The molecular weight excluding hydrogens is 242 g/mol. The second-order valence-electron chi connectivity index (χ2n) is 4.22. The van der Waals surface area contributed by atoms with Gasteiger partial charge in [0.05, 0.1) is 4.34 Å². The van der Waals surface area contributed by atoms with Crippen LogP contribution >= 0.6 is 22.9 Å². The number of nitrogens with one attached hydrogen (secondary N) is 1. The highest BCUT2D eigenvalue weighted by Crippen LogP contribution is 2.29. The fraction of sp³-hybridized carbons (Fsp3) is 0.667. The number of halogens is 1. The zero-order valence-electron chi connectivity index (χ0n) is 10.0. The van der Waals surface area contributed by atoms with Crippen molar-refractivity contribution in [1.82, 2.24) is 5.32 Å². The molecule has 0 bridgehead atoms.